The van der Waals surface area contributed by atoms with Gasteiger partial charge in [0.05, 0.1) is 39.9 Å². The zero-order valence-corrected chi connectivity index (χ0v) is 21.8. The molecule has 4 aromatic rings. The van der Waals surface area contributed by atoms with E-state index in [-0.39, 0.29) is 30.6 Å². The Morgan fingerprint density at radius 1 is 0.897 bits per heavy atom. The number of hydrogen-bond donors (Lipinski definition) is 2. The van der Waals surface area contributed by atoms with Crippen LogP contribution in [0.3, 0.4) is 0 Å². The van der Waals surface area contributed by atoms with Crippen molar-refractivity contribution in [3.63, 3.8) is 0 Å². The third-order valence-electron chi connectivity index (χ3n) is 8.14. The van der Waals surface area contributed by atoms with Crippen LogP contribution < -0.4 is 29.0 Å². The molecule has 0 radical (unpaired) electrons. The summed E-state index contributed by atoms with van der Waals surface area (Å²) in [5.41, 5.74) is 4.88. The second kappa shape index (κ2) is 9.04. The van der Waals surface area contributed by atoms with Crippen LogP contribution in [0.5, 0.6) is 28.7 Å². The fourth-order valence-electron chi connectivity index (χ4n) is 6.41. The molecule has 3 aromatic carbocycles. The largest absolute Gasteiger partial charge is 0.493 e. The second-order valence-electron chi connectivity index (χ2n) is 9.96. The summed E-state index contributed by atoms with van der Waals surface area (Å²) in [6, 6.07) is 15.8. The highest BCUT2D eigenvalue weighted by atomic mass is 16.7. The topological polar surface area (TPSA) is 100 Å². The van der Waals surface area contributed by atoms with Crippen molar-refractivity contribution in [1.29, 1.82) is 0 Å². The number of rotatable bonds is 6. The number of aromatic amines is 1. The van der Waals surface area contributed by atoms with Gasteiger partial charge in [0.2, 0.25) is 12.5 Å². The van der Waals surface area contributed by atoms with Crippen LogP contribution in [0.1, 0.15) is 28.7 Å². The Hall–Kier alpha value is -4.53. The van der Waals surface area contributed by atoms with Gasteiger partial charge in [0.1, 0.15) is 0 Å². The molecule has 1 aliphatic carbocycles. The first kappa shape index (κ1) is 23.6. The van der Waals surface area contributed by atoms with Gasteiger partial charge in [-0.25, -0.2) is 0 Å². The number of cyclic esters (lactones) is 1. The summed E-state index contributed by atoms with van der Waals surface area (Å²) in [6.45, 7) is 0.460. The third kappa shape index (κ3) is 3.56. The molecule has 4 atom stereocenters. The van der Waals surface area contributed by atoms with Crippen LogP contribution in [0.4, 0.5) is 5.69 Å². The van der Waals surface area contributed by atoms with Gasteiger partial charge in [0.25, 0.3) is 0 Å². The van der Waals surface area contributed by atoms with Gasteiger partial charge >= 0.3 is 5.97 Å². The van der Waals surface area contributed by atoms with E-state index in [1.807, 2.05) is 48.7 Å². The number of H-pyrrole nitrogens is 1. The Bertz CT molecular complexity index is 1570. The molecule has 0 unspecified atom stereocenters. The highest BCUT2D eigenvalue weighted by molar-refractivity contribution is 5.92. The number of ether oxygens (including phenoxy) is 6. The lowest BCUT2D eigenvalue weighted by Crippen LogP contribution is -2.37. The number of carbonyl (C=O) groups excluding carboxylic acids is 1. The van der Waals surface area contributed by atoms with E-state index in [4.69, 9.17) is 28.4 Å². The first-order valence-corrected chi connectivity index (χ1v) is 12.8. The third-order valence-corrected chi connectivity index (χ3v) is 8.14. The average molecular weight is 529 g/mol. The lowest BCUT2D eigenvalue weighted by atomic mass is 9.65. The molecule has 39 heavy (non-hydrogen) atoms. The van der Waals surface area contributed by atoms with Gasteiger partial charge in [-0.15, -0.1) is 0 Å². The van der Waals surface area contributed by atoms with Crippen LogP contribution in [-0.4, -0.2) is 45.7 Å². The summed E-state index contributed by atoms with van der Waals surface area (Å²) in [6.07, 6.45) is 1.92. The van der Waals surface area contributed by atoms with E-state index in [1.54, 1.807) is 21.3 Å². The van der Waals surface area contributed by atoms with Crippen molar-refractivity contribution in [3.05, 3.63) is 71.4 Å². The number of carbonyl (C=O) groups is 1. The molecular formula is C30H28N2O7. The molecule has 2 N–H and O–H groups in total. The quantitative estimate of drug-likeness (QED) is 0.337. The molecule has 0 bridgehead atoms. The first-order valence-electron chi connectivity index (χ1n) is 12.8. The predicted octanol–water partition coefficient (Wildman–Crippen LogP) is 5.01. The van der Waals surface area contributed by atoms with E-state index < -0.39 is 5.92 Å². The van der Waals surface area contributed by atoms with Crippen LogP contribution in [0, 0.1) is 11.8 Å². The Kier molecular flexibility index (Phi) is 5.47. The van der Waals surface area contributed by atoms with Gasteiger partial charge in [-0.3, -0.25) is 4.79 Å². The monoisotopic (exact) mass is 528 g/mol. The summed E-state index contributed by atoms with van der Waals surface area (Å²) in [5, 5.41) is 4.84. The van der Waals surface area contributed by atoms with Crippen molar-refractivity contribution in [2.75, 3.05) is 40.0 Å². The van der Waals surface area contributed by atoms with E-state index >= 15 is 0 Å². The number of anilines is 1. The van der Waals surface area contributed by atoms with E-state index in [0.717, 1.165) is 33.3 Å². The van der Waals surface area contributed by atoms with Gasteiger partial charge in [-0.2, -0.15) is 0 Å². The molecule has 9 nitrogen and oxygen atoms in total. The van der Waals surface area contributed by atoms with Crippen LogP contribution in [0.15, 0.2) is 54.7 Å². The molecule has 9 heteroatoms. The molecular weight excluding hydrogens is 500 g/mol. The standard InChI is InChI=1S/C30H28N2O7/c1-34-24-9-15(10-25(35-2)29(24)36-3)26-17-11-22-23(39-14-38-22)12-18(17)28(19-13-37-30(33)27(19)26)32-21-6-4-5-20-16(21)7-8-31-20/h4-12,19,26-28,31-32H,13-14H2,1-3H3/t19-,26+,27-,28+/m0/s1. The normalized spacial score (nSPS) is 22.7. The molecule has 7 rings (SSSR count). The smallest absolute Gasteiger partial charge is 0.310 e. The number of nitrogens with one attached hydrogen (secondary N) is 2. The summed E-state index contributed by atoms with van der Waals surface area (Å²) in [5.74, 6) is 1.75. The molecule has 3 heterocycles. The molecule has 1 fully saturated rings. The molecule has 0 spiro atoms. The maximum absolute atomic E-state index is 13.4. The van der Waals surface area contributed by atoms with Crippen molar-refractivity contribution < 1.29 is 33.2 Å². The number of benzene rings is 3. The molecule has 1 aromatic heterocycles. The van der Waals surface area contributed by atoms with Crippen LogP contribution in [0.25, 0.3) is 10.9 Å². The van der Waals surface area contributed by atoms with Crippen molar-refractivity contribution >= 4 is 22.6 Å². The van der Waals surface area contributed by atoms with Crippen molar-refractivity contribution in [2.45, 2.75) is 12.0 Å². The summed E-state index contributed by atoms with van der Waals surface area (Å²) >= 11 is 0. The van der Waals surface area contributed by atoms with Gasteiger partial charge < -0.3 is 38.7 Å². The summed E-state index contributed by atoms with van der Waals surface area (Å²) in [7, 11) is 4.74. The highest BCUT2D eigenvalue weighted by Gasteiger charge is 2.52. The maximum atomic E-state index is 13.4. The Morgan fingerprint density at radius 2 is 1.64 bits per heavy atom. The number of fused-ring (bicyclic) bond motifs is 4. The van der Waals surface area contributed by atoms with Gasteiger partial charge in [0, 0.05) is 34.6 Å². The van der Waals surface area contributed by atoms with Crippen LogP contribution in [-0.2, 0) is 9.53 Å². The molecule has 2 aliphatic heterocycles. The second-order valence-corrected chi connectivity index (χ2v) is 9.96. The first-order chi connectivity index (χ1) is 19.1. The van der Waals surface area contributed by atoms with Crippen LogP contribution >= 0.6 is 0 Å². The van der Waals surface area contributed by atoms with E-state index in [1.165, 1.54) is 0 Å². The van der Waals surface area contributed by atoms with E-state index in [9.17, 15) is 4.79 Å². The van der Waals surface area contributed by atoms with E-state index in [2.05, 4.69) is 16.4 Å². The fraction of sp³-hybridized carbons (Fsp3) is 0.300. The molecule has 3 aliphatic rings. The van der Waals surface area contributed by atoms with Crippen molar-refractivity contribution in [1.82, 2.24) is 4.98 Å². The number of methoxy groups -OCH3 is 3. The lowest BCUT2D eigenvalue weighted by Gasteiger charge is -2.40. The van der Waals surface area contributed by atoms with E-state index in [0.29, 0.717) is 35.4 Å². The van der Waals surface area contributed by atoms with Crippen molar-refractivity contribution in [2.24, 2.45) is 11.8 Å². The SMILES string of the molecule is COc1cc([C@@H]2c3cc4c(cc3[C@@H](Nc3cccc5[nH]ccc35)[C@H]3COC(=O)[C@H]23)OCO4)cc(OC)c1OC. The van der Waals surface area contributed by atoms with Gasteiger partial charge in [-0.05, 0) is 59.2 Å². The molecule has 1 saturated heterocycles. The summed E-state index contributed by atoms with van der Waals surface area (Å²) < 4.78 is 34.2. The number of hydrogen-bond acceptors (Lipinski definition) is 8. The number of aromatic nitrogens is 1. The van der Waals surface area contributed by atoms with Crippen molar-refractivity contribution in [3.8, 4) is 28.7 Å². The molecule has 200 valence electrons. The Balaban J connectivity index is 1.43. The minimum absolute atomic E-state index is 0.135. The number of esters is 1. The zero-order valence-electron chi connectivity index (χ0n) is 21.8. The summed E-state index contributed by atoms with van der Waals surface area (Å²) in [4.78, 5) is 16.7. The Labute approximate surface area is 224 Å². The fourth-order valence-corrected chi connectivity index (χ4v) is 6.41. The predicted molar refractivity (Wildman–Crippen MR) is 143 cm³/mol. The average Bonchev–Trinajstić information content (AvgIpc) is 3.71. The zero-order chi connectivity index (χ0) is 26.7. The Morgan fingerprint density at radius 3 is 2.36 bits per heavy atom. The lowest BCUT2D eigenvalue weighted by molar-refractivity contribution is -0.141. The highest BCUT2D eigenvalue weighted by Crippen LogP contribution is 2.56. The maximum Gasteiger partial charge on any atom is 0.310 e. The van der Waals surface area contributed by atoms with Gasteiger partial charge in [0.15, 0.2) is 23.0 Å². The minimum atomic E-state index is -0.441. The van der Waals surface area contributed by atoms with Crippen LogP contribution in [0.2, 0.25) is 0 Å². The minimum Gasteiger partial charge on any atom is -0.493 e. The molecule has 0 saturated carbocycles. The molecule has 0 amide bonds. The van der Waals surface area contributed by atoms with Gasteiger partial charge in [-0.1, -0.05) is 6.07 Å².